The highest BCUT2D eigenvalue weighted by atomic mass is 16.5. The maximum atomic E-state index is 12.2. The van der Waals surface area contributed by atoms with Crippen LogP contribution in [-0.2, 0) is 11.4 Å². The van der Waals surface area contributed by atoms with E-state index in [9.17, 15) is 4.79 Å². The summed E-state index contributed by atoms with van der Waals surface area (Å²) in [6.45, 7) is 0.362. The van der Waals surface area contributed by atoms with Crippen molar-refractivity contribution in [2.24, 2.45) is 0 Å². The lowest BCUT2D eigenvalue weighted by molar-refractivity contribution is -0.122. The van der Waals surface area contributed by atoms with E-state index in [-0.39, 0.29) is 12.5 Å². The number of para-hydroxylation sites is 2. The van der Waals surface area contributed by atoms with Crippen LogP contribution in [0.15, 0.2) is 48.5 Å². The summed E-state index contributed by atoms with van der Waals surface area (Å²) in [5, 5.41) is 15.1. The Morgan fingerprint density at radius 1 is 1.29 bits per heavy atom. The first-order valence-corrected chi connectivity index (χ1v) is 6.76. The van der Waals surface area contributed by atoms with E-state index in [0.29, 0.717) is 18.0 Å². The van der Waals surface area contributed by atoms with Crippen LogP contribution in [0, 0.1) is 0 Å². The molecule has 0 saturated heterocycles. The number of amides is 1. The van der Waals surface area contributed by atoms with Gasteiger partial charge in [-0.25, -0.2) is 0 Å². The van der Waals surface area contributed by atoms with Crippen molar-refractivity contribution in [1.29, 1.82) is 0 Å². The molecule has 21 heavy (non-hydrogen) atoms. The lowest BCUT2D eigenvalue weighted by atomic mass is 10.2. The molecule has 108 valence electrons. The Bertz CT molecular complexity index is 657. The Labute approximate surface area is 122 Å². The van der Waals surface area contributed by atoms with Crippen molar-refractivity contribution in [3.63, 3.8) is 0 Å². The first-order valence-electron chi connectivity index (χ1n) is 6.76. The van der Waals surface area contributed by atoms with Crippen LogP contribution in [0.5, 0.6) is 5.75 Å². The molecule has 0 fully saturated rings. The van der Waals surface area contributed by atoms with Gasteiger partial charge in [0.05, 0.1) is 18.8 Å². The number of hydrogen-bond donors (Lipinski definition) is 3. The molecule has 5 heteroatoms. The third-order valence-electron chi connectivity index (χ3n) is 3.30. The summed E-state index contributed by atoms with van der Waals surface area (Å²) in [4.78, 5) is 12.2. The minimum atomic E-state index is -0.585. The molecule has 0 aromatic heterocycles. The molecule has 1 amide bonds. The molecule has 3 N–H and O–H groups in total. The molecule has 1 heterocycles. The maximum Gasteiger partial charge on any atom is 0.267 e. The number of ether oxygens (including phenoxy) is 1. The molecule has 1 atom stereocenters. The first-order chi connectivity index (χ1) is 10.3. The van der Waals surface area contributed by atoms with Crippen molar-refractivity contribution < 1.29 is 14.6 Å². The highest BCUT2D eigenvalue weighted by Crippen LogP contribution is 2.28. The van der Waals surface area contributed by atoms with Gasteiger partial charge in [0.1, 0.15) is 5.75 Å². The lowest BCUT2D eigenvalue weighted by Gasteiger charge is -2.26. The molecule has 0 radical (unpaired) electrons. The van der Waals surface area contributed by atoms with Gasteiger partial charge in [-0.3, -0.25) is 4.79 Å². The fourth-order valence-electron chi connectivity index (χ4n) is 2.23. The van der Waals surface area contributed by atoms with E-state index in [1.54, 1.807) is 24.3 Å². The molecule has 2 aromatic carbocycles. The molecule has 5 nitrogen and oxygen atoms in total. The van der Waals surface area contributed by atoms with Crippen LogP contribution in [0.4, 0.5) is 11.4 Å². The summed E-state index contributed by atoms with van der Waals surface area (Å²) < 4.78 is 5.70. The SMILES string of the molecule is O=C(Nc1cccc(CO)c1)C1CNc2ccccc2O1. The van der Waals surface area contributed by atoms with E-state index in [4.69, 9.17) is 9.84 Å². The minimum Gasteiger partial charge on any atom is -0.477 e. The van der Waals surface area contributed by atoms with Gasteiger partial charge in [-0.15, -0.1) is 0 Å². The monoisotopic (exact) mass is 284 g/mol. The molecule has 2 aromatic rings. The summed E-state index contributed by atoms with van der Waals surface area (Å²) in [7, 11) is 0. The number of fused-ring (bicyclic) bond motifs is 1. The normalized spacial score (nSPS) is 16.3. The number of aliphatic hydroxyl groups excluding tert-OH is 1. The summed E-state index contributed by atoms with van der Waals surface area (Å²) in [6, 6.07) is 14.6. The Balaban J connectivity index is 1.69. The molecule has 0 saturated carbocycles. The van der Waals surface area contributed by atoms with Crippen LogP contribution in [0.3, 0.4) is 0 Å². The van der Waals surface area contributed by atoms with Gasteiger partial charge in [0.15, 0.2) is 6.10 Å². The van der Waals surface area contributed by atoms with Crippen molar-refractivity contribution in [3.05, 3.63) is 54.1 Å². The van der Waals surface area contributed by atoms with Crippen LogP contribution in [0.2, 0.25) is 0 Å². The van der Waals surface area contributed by atoms with E-state index >= 15 is 0 Å². The maximum absolute atomic E-state index is 12.2. The van der Waals surface area contributed by atoms with E-state index in [1.165, 1.54) is 0 Å². The topological polar surface area (TPSA) is 70.6 Å². The zero-order chi connectivity index (χ0) is 14.7. The van der Waals surface area contributed by atoms with Gasteiger partial charge in [-0.2, -0.15) is 0 Å². The number of nitrogens with one attached hydrogen (secondary N) is 2. The second kappa shape index (κ2) is 5.85. The van der Waals surface area contributed by atoms with Crippen molar-refractivity contribution >= 4 is 17.3 Å². The fraction of sp³-hybridized carbons (Fsp3) is 0.188. The second-order valence-corrected chi connectivity index (χ2v) is 4.83. The van der Waals surface area contributed by atoms with Crippen molar-refractivity contribution in [2.45, 2.75) is 12.7 Å². The van der Waals surface area contributed by atoms with Gasteiger partial charge in [0.25, 0.3) is 5.91 Å². The van der Waals surface area contributed by atoms with Crippen LogP contribution < -0.4 is 15.4 Å². The van der Waals surface area contributed by atoms with Crippen LogP contribution in [-0.4, -0.2) is 23.7 Å². The number of aliphatic hydroxyl groups is 1. The standard InChI is InChI=1S/C16H16N2O3/c19-10-11-4-3-5-12(8-11)18-16(20)15-9-17-13-6-1-2-7-14(13)21-15/h1-8,15,17,19H,9-10H2,(H,18,20). The predicted molar refractivity (Wildman–Crippen MR) is 80.3 cm³/mol. The number of rotatable bonds is 3. The average molecular weight is 284 g/mol. The second-order valence-electron chi connectivity index (χ2n) is 4.83. The van der Waals surface area contributed by atoms with Crippen molar-refractivity contribution in [1.82, 2.24) is 0 Å². The third-order valence-corrected chi connectivity index (χ3v) is 3.30. The zero-order valence-electron chi connectivity index (χ0n) is 11.4. The molecule has 0 aliphatic carbocycles. The van der Waals surface area contributed by atoms with Crippen molar-refractivity contribution in [3.8, 4) is 5.75 Å². The zero-order valence-corrected chi connectivity index (χ0v) is 11.4. The van der Waals surface area contributed by atoms with Crippen LogP contribution in [0.25, 0.3) is 0 Å². The Kier molecular flexibility index (Phi) is 3.75. The van der Waals surface area contributed by atoms with Gasteiger partial charge in [-0.05, 0) is 29.8 Å². The summed E-state index contributed by atoms with van der Waals surface area (Å²) >= 11 is 0. The smallest absolute Gasteiger partial charge is 0.267 e. The largest absolute Gasteiger partial charge is 0.477 e. The molecule has 0 bridgehead atoms. The molecule has 0 spiro atoms. The number of hydrogen-bond acceptors (Lipinski definition) is 4. The van der Waals surface area contributed by atoms with Gasteiger partial charge >= 0.3 is 0 Å². The molecule has 1 aliphatic rings. The number of carbonyl (C=O) groups is 1. The highest BCUT2D eigenvalue weighted by Gasteiger charge is 2.25. The fourth-order valence-corrected chi connectivity index (χ4v) is 2.23. The molecular formula is C16H16N2O3. The van der Waals surface area contributed by atoms with E-state index in [1.807, 2.05) is 24.3 Å². The summed E-state index contributed by atoms with van der Waals surface area (Å²) in [6.07, 6.45) is -0.585. The lowest BCUT2D eigenvalue weighted by Crippen LogP contribution is -2.41. The van der Waals surface area contributed by atoms with Crippen molar-refractivity contribution in [2.75, 3.05) is 17.2 Å². The molecular weight excluding hydrogens is 268 g/mol. The molecule has 1 unspecified atom stereocenters. The summed E-state index contributed by atoms with van der Waals surface area (Å²) in [5.74, 6) is 0.458. The number of carbonyl (C=O) groups excluding carboxylic acids is 1. The van der Waals surface area contributed by atoms with E-state index < -0.39 is 6.10 Å². The van der Waals surface area contributed by atoms with Gasteiger partial charge in [0, 0.05) is 5.69 Å². The average Bonchev–Trinajstić information content (AvgIpc) is 2.54. The Morgan fingerprint density at radius 3 is 3.00 bits per heavy atom. The van der Waals surface area contributed by atoms with Crippen LogP contribution in [0.1, 0.15) is 5.56 Å². The summed E-state index contributed by atoms with van der Waals surface area (Å²) in [5.41, 5.74) is 2.29. The van der Waals surface area contributed by atoms with E-state index in [2.05, 4.69) is 10.6 Å². The minimum absolute atomic E-state index is 0.0570. The third kappa shape index (κ3) is 2.98. The van der Waals surface area contributed by atoms with Gasteiger partial charge in [0.2, 0.25) is 0 Å². The Hall–Kier alpha value is -2.53. The van der Waals surface area contributed by atoms with E-state index in [0.717, 1.165) is 11.3 Å². The highest BCUT2D eigenvalue weighted by molar-refractivity contribution is 5.95. The first kappa shape index (κ1) is 13.5. The number of anilines is 2. The quantitative estimate of drug-likeness (QED) is 0.806. The number of benzene rings is 2. The Morgan fingerprint density at radius 2 is 2.14 bits per heavy atom. The molecule has 1 aliphatic heterocycles. The van der Waals surface area contributed by atoms with Gasteiger partial charge < -0.3 is 20.5 Å². The predicted octanol–water partition coefficient (Wildman–Crippen LogP) is 1.99. The van der Waals surface area contributed by atoms with Gasteiger partial charge in [-0.1, -0.05) is 24.3 Å². The molecule has 3 rings (SSSR count). The van der Waals surface area contributed by atoms with Crippen LogP contribution >= 0.6 is 0 Å².